The van der Waals surface area contributed by atoms with Crippen LogP contribution in [0.25, 0.3) is 0 Å². The van der Waals surface area contributed by atoms with Crippen LogP contribution in [0.5, 0.6) is 0 Å². The lowest BCUT2D eigenvalue weighted by atomic mass is 10.0. The molecule has 0 fully saturated rings. The monoisotopic (exact) mass is 255 g/mol. The van der Waals surface area contributed by atoms with Gasteiger partial charge in [0, 0.05) is 4.90 Å². The van der Waals surface area contributed by atoms with Crippen LogP contribution in [0, 0.1) is 6.92 Å². The molecule has 0 heterocycles. The smallest absolute Gasteiger partial charge is 0.250 e. The highest BCUT2D eigenvalue weighted by Gasteiger charge is 2.38. The molecule has 0 spiro atoms. The molecular weight excluding hydrogens is 238 g/mol. The average Bonchev–Trinajstić information content (AvgIpc) is 2.27. The van der Waals surface area contributed by atoms with Gasteiger partial charge in [-0.15, -0.1) is 0 Å². The minimum absolute atomic E-state index is 0.574. The predicted molar refractivity (Wildman–Crippen MR) is 66.9 cm³/mol. The summed E-state index contributed by atoms with van der Waals surface area (Å²) >= 11 is 0. The fraction of sp³-hybridized carbons (Fsp3) is 0.417. The van der Waals surface area contributed by atoms with E-state index in [1.165, 1.54) is 6.92 Å². The number of hydrogen-bond donors (Lipinski definition) is 2. The van der Waals surface area contributed by atoms with Gasteiger partial charge in [0.25, 0.3) is 0 Å². The SMILES string of the molecule is Cc1ccc(S(=O)[C@H](C)[C@@](C)(O)C(N)=O)cc1. The summed E-state index contributed by atoms with van der Waals surface area (Å²) in [6.07, 6.45) is 0. The summed E-state index contributed by atoms with van der Waals surface area (Å²) in [6.45, 7) is 4.75. The fourth-order valence-corrected chi connectivity index (χ4v) is 2.63. The molecule has 17 heavy (non-hydrogen) atoms. The average molecular weight is 255 g/mol. The number of primary amides is 1. The molecule has 4 nitrogen and oxygen atoms in total. The first-order valence-electron chi connectivity index (χ1n) is 5.26. The van der Waals surface area contributed by atoms with E-state index in [1.54, 1.807) is 19.1 Å². The Kier molecular flexibility index (Phi) is 4.06. The van der Waals surface area contributed by atoms with Crippen LogP contribution in [0.1, 0.15) is 19.4 Å². The molecule has 0 radical (unpaired) electrons. The number of carbonyl (C=O) groups excluding carboxylic acids is 1. The molecule has 3 N–H and O–H groups in total. The van der Waals surface area contributed by atoms with Crippen LogP contribution in [0.4, 0.5) is 0 Å². The lowest BCUT2D eigenvalue weighted by molar-refractivity contribution is -0.134. The quantitative estimate of drug-likeness (QED) is 0.832. The van der Waals surface area contributed by atoms with Gasteiger partial charge in [-0.2, -0.15) is 0 Å². The van der Waals surface area contributed by atoms with Gasteiger partial charge in [0.1, 0.15) is 0 Å². The second-order valence-electron chi connectivity index (χ2n) is 4.26. The van der Waals surface area contributed by atoms with Gasteiger partial charge < -0.3 is 10.8 Å². The minimum atomic E-state index is -1.78. The van der Waals surface area contributed by atoms with Crippen molar-refractivity contribution in [1.29, 1.82) is 0 Å². The standard InChI is InChI=1S/C12H17NO3S/c1-8-4-6-10(7-5-8)17(16)9(2)12(3,15)11(13)14/h4-7,9,15H,1-3H3,(H2,13,14)/t9-,12-,17?/m1/s1. The number of benzene rings is 1. The summed E-state index contributed by atoms with van der Waals surface area (Å²) in [4.78, 5) is 11.7. The number of aliphatic hydroxyl groups is 1. The zero-order chi connectivity index (χ0) is 13.2. The van der Waals surface area contributed by atoms with E-state index < -0.39 is 27.6 Å². The molecule has 0 saturated heterocycles. The van der Waals surface area contributed by atoms with Crippen molar-refractivity contribution in [2.24, 2.45) is 5.73 Å². The molecule has 1 rings (SSSR count). The lowest BCUT2D eigenvalue weighted by Crippen LogP contribution is -2.51. The molecule has 0 aromatic heterocycles. The van der Waals surface area contributed by atoms with Crippen molar-refractivity contribution in [1.82, 2.24) is 0 Å². The number of hydrogen-bond acceptors (Lipinski definition) is 3. The van der Waals surface area contributed by atoms with Crippen LogP contribution < -0.4 is 5.73 Å². The summed E-state index contributed by atoms with van der Waals surface area (Å²) in [5.41, 5.74) is 4.36. The zero-order valence-corrected chi connectivity index (χ0v) is 11.0. The molecule has 5 heteroatoms. The Morgan fingerprint density at radius 3 is 2.29 bits per heavy atom. The van der Waals surface area contributed by atoms with Crippen LogP contribution in [-0.4, -0.2) is 26.1 Å². The van der Waals surface area contributed by atoms with Crippen molar-refractivity contribution >= 4 is 16.7 Å². The van der Waals surface area contributed by atoms with E-state index >= 15 is 0 Å². The maximum Gasteiger partial charge on any atom is 0.250 e. The Morgan fingerprint density at radius 1 is 1.41 bits per heavy atom. The van der Waals surface area contributed by atoms with Crippen molar-refractivity contribution in [3.63, 3.8) is 0 Å². The van der Waals surface area contributed by atoms with E-state index in [-0.39, 0.29) is 0 Å². The van der Waals surface area contributed by atoms with Crippen molar-refractivity contribution in [3.05, 3.63) is 29.8 Å². The van der Waals surface area contributed by atoms with Crippen molar-refractivity contribution < 1.29 is 14.1 Å². The number of rotatable bonds is 4. The van der Waals surface area contributed by atoms with E-state index in [9.17, 15) is 14.1 Å². The van der Waals surface area contributed by atoms with E-state index in [1.807, 2.05) is 19.1 Å². The topological polar surface area (TPSA) is 80.4 Å². The Bertz CT molecular complexity index is 440. The van der Waals surface area contributed by atoms with Crippen LogP contribution in [0.3, 0.4) is 0 Å². The normalized spacial score (nSPS) is 18.1. The summed E-state index contributed by atoms with van der Waals surface area (Å²) in [6, 6.07) is 7.11. The zero-order valence-electron chi connectivity index (χ0n) is 10.1. The third-order valence-corrected chi connectivity index (χ3v) is 4.70. The van der Waals surface area contributed by atoms with Crippen molar-refractivity contribution in [2.75, 3.05) is 0 Å². The molecule has 1 aromatic rings. The highest BCUT2D eigenvalue weighted by Crippen LogP contribution is 2.21. The Balaban J connectivity index is 2.98. The first kappa shape index (κ1) is 13.9. The molecule has 1 unspecified atom stereocenters. The van der Waals surface area contributed by atoms with E-state index in [4.69, 9.17) is 5.73 Å². The third-order valence-electron chi connectivity index (χ3n) is 2.86. The minimum Gasteiger partial charge on any atom is -0.379 e. The van der Waals surface area contributed by atoms with Crippen LogP contribution in [0.2, 0.25) is 0 Å². The van der Waals surface area contributed by atoms with Gasteiger partial charge in [-0.25, -0.2) is 0 Å². The molecule has 0 aliphatic rings. The second-order valence-corrected chi connectivity index (χ2v) is 6.04. The Morgan fingerprint density at radius 2 is 1.88 bits per heavy atom. The first-order valence-corrected chi connectivity index (χ1v) is 6.47. The van der Waals surface area contributed by atoms with Gasteiger partial charge in [-0.05, 0) is 32.9 Å². The Hall–Kier alpha value is -1.20. The molecule has 0 aliphatic carbocycles. The second kappa shape index (κ2) is 4.98. The molecule has 94 valence electrons. The summed E-state index contributed by atoms with van der Waals surface area (Å²) in [7, 11) is -1.48. The van der Waals surface area contributed by atoms with E-state index in [0.29, 0.717) is 4.90 Å². The molecule has 0 aliphatic heterocycles. The van der Waals surface area contributed by atoms with Gasteiger partial charge in [-0.3, -0.25) is 9.00 Å². The molecule has 0 bridgehead atoms. The van der Waals surface area contributed by atoms with Gasteiger partial charge >= 0.3 is 0 Å². The van der Waals surface area contributed by atoms with Gasteiger partial charge in [0.05, 0.1) is 16.0 Å². The van der Waals surface area contributed by atoms with Crippen LogP contribution >= 0.6 is 0 Å². The molecule has 0 saturated carbocycles. The molecule has 1 amide bonds. The highest BCUT2D eigenvalue weighted by molar-refractivity contribution is 7.85. The third kappa shape index (κ3) is 2.92. The maximum atomic E-state index is 12.2. The number of aryl methyl sites for hydroxylation is 1. The van der Waals surface area contributed by atoms with Gasteiger partial charge in [-0.1, -0.05) is 17.7 Å². The Labute approximate surface area is 103 Å². The largest absolute Gasteiger partial charge is 0.379 e. The van der Waals surface area contributed by atoms with Gasteiger partial charge in [0.2, 0.25) is 5.91 Å². The van der Waals surface area contributed by atoms with Crippen LogP contribution in [-0.2, 0) is 15.6 Å². The van der Waals surface area contributed by atoms with Crippen molar-refractivity contribution in [3.8, 4) is 0 Å². The molecule has 3 atom stereocenters. The predicted octanol–water partition coefficient (Wildman–Crippen LogP) is 0.727. The summed E-state index contributed by atoms with van der Waals surface area (Å²) in [5, 5.41) is 9.12. The van der Waals surface area contributed by atoms with E-state index in [2.05, 4.69) is 0 Å². The number of amides is 1. The van der Waals surface area contributed by atoms with E-state index in [0.717, 1.165) is 5.56 Å². The van der Waals surface area contributed by atoms with Crippen molar-refractivity contribution in [2.45, 2.75) is 36.5 Å². The fourth-order valence-electron chi connectivity index (χ4n) is 1.29. The summed E-state index contributed by atoms with van der Waals surface area (Å²) in [5.74, 6) is -0.870. The molecular formula is C12H17NO3S. The first-order chi connectivity index (χ1) is 7.76. The number of carbonyl (C=O) groups is 1. The van der Waals surface area contributed by atoms with Gasteiger partial charge in [0.15, 0.2) is 5.60 Å². The molecule has 1 aromatic carbocycles. The summed E-state index contributed by atoms with van der Waals surface area (Å²) < 4.78 is 12.2. The highest BCUT2D eigenvalue weighted by atomic mass is 32.2. The lowest BCUT2D eigenvalue weighted by Gasteiger charge is -2.26. The number of nitrogens with two attached hydrogens (primary N) is 1. The maximum absolute atomic E-state index is 12.2. The van der Waals surface area contributed by atoms with Crippen LogP contribution in [0.15, 0.2) is 29.2 Å².